The zero-order valence-corrected chi connectivity index (χ0v) is 18.1. The summed E-state index contributed by atoms with van der Waals surface area (Å²) in [6.45, 7) is 1.56. The van der Waals surface area contributed by atoms with Gasteiger partial charge < -0.3 is 20.1 Å². The number of nitrogens with zero attached hydrogens (tertiary/aromatic N) is 6. The number of piperazine rings is 1. The molecule has 164 valence electrons. The van der Waals surface area contributed by atoms with E-state index in [0.717, 1.165) is 25.9 Å². The van der Waals surface area contributed by atoms with Gasteiger partial charge in [0.1, 0.15) is 22.4 Å². The number of methoxy groups -OCH3 is 1. The molecule has 2 atom stereocenters. The first kappa shape index (κ1) is 19.6. The summed E-state index contributed by atoms with van der Waals surface area (Å²) < 4.78 is 5.19. The number of aromatic amines is 1. The maximum atomic E-state index is 10.1. The molecule has 3 fully saturated rings. The van der Waals surface area contributed by atoms with E-state index in [1.165, 1.54) is 7.11 Å². The molecule has 3 aliphatic heterocycles. The lowest BCUT2D eigenvalue weighted by atomic mass is 9.93. The van der Waals surface area contributed by atoms with Crippen LogP contribution in [0.4, 0.5) is 5.82 Å². The minimum Gasteiger partial charge on any atom is -0.480 e. The van der Waals surface area contributed by atoms with Crippen LogP contribution in [0.25, 0.3) is 33.5 Å². The van der Waals surface area contributed by atoms with Crippen LogP contribution >= 0.6 is 11.6 Å². The van der Waals surface area contributed by atoms with Crippen LogP contribution in [0.3, 0.4) is 0 Å². The second-order valence-electron chi connectivity index (χ2n) is 8.12. The number of anilines is 1. The number of hydrogen-bond donors (Lipinski definition) is 3. The Bertz CT molecular complexity index is 1330. The smallest absolute Gasteiger partial charge is 0.232 e. The Labute approximate surface area is 188 Å². The highest BCUT2D eigenvalue weighted by Gasteiger charge is 2.35. The van der Waals surface area contributed by atoms with Gasteiger partial charge in [-0.15, -0.1) is 0 Å². The van der Waals surface area contributed by atoms with Crippen molar-refractivity contribution in [2.75, 3.05) is 25.1 Å². The predicted octanol–water partition coefficient (Wildman–Crippen LogP) is 2.06. The van der Waals surface area contributed by atoms with Crippen molar-refractivity contribution in [2.24, 2.45) is 0 Å². The average molecular weight is 453 g/mol. The highest BCUT2D eigenvalue weighted by molar-refractivity contribution is 6.38. The highest BCUT2D eigenvalue weighted by atomic mass is 35.5. The summed E-state index contributed by atoms with van der Waals surface area (Å²) in [4.78, 5) is 20.6. The summed E-state index contributed by atoms with van der Waals surface area (Å²) in [5.74, 6) is 1.09. The number of halogens is 1. The fraction of sp³-hybridized carbons (Fsp3) is 0.381. The number of nitrogens with one attached hydrogen (secondary N) is 2. The van der Waals surface area contributed by atoms with Gasteiger partial charge in [0, 0.05) is 30.7 Å². The summed E-state index contributed by atoms with van der Waals surface area (Å²) >= 11 is 6.71. The fourth-order valence-corrected chi connectivity index (χ4v) is 4.96. The van der Waals surface area contributed by atoms with Crippen molar-refractivity contribution in [1.82, 2.24) is 35.5 Å². The standard InChI is InChI=1S/C21H21ClN8O2/c1-32-15-7-24-13-5-4-12(16(22)18(13)26-15)17-19-20(29-28-17)27-21(14(9-31)25-19)30-8-10-2-3-11(30)6-23-10/h4-5,7,10-11,23,31H,2-3,6,8-9H2,1H3,(H,27,28,29)/t10?,11-/m0/s1. The molecule has 32 heavy (non-hydrogen) atoms. The SMILES string of the molecule is COc1cnc2ccc(-c3n[nH]c4nc(N5CC6CC[C@H]5CN6)c(CO)nc34)c(Cl)c2n1. The van der Waals surface area contributed by atoms with Crippen molar-refractivity contribution in [3.63, 3.8) is 0 Å². The Morgan fingerprint density at radius 1 is 1.22 bits per heavy atom. The lowest BCUT2D eigenvalue weighted by Crippen LogP contribution is -2.61. The van der Waals surface area contributed by atoms with Gasteiger partial charge in [-0.1, -0.05) is 11.6 Å². The lowest BCUT2D eigenvalue weighted by molar-refractivity contribution is 0.269. The second-order valence-corrected chi connectivity index (χ2v) is 8.50. The molecule has 0 amide bonds. The lowest BCUT2D eigenvalue weighted by Gasteiger charge is -2.46. The third kappa shape index (κ3) is 2.98. The quantitative estimate of drug-likeness (QED) is 0.426. The molecule has 3 aromatic heterocycles. The van der Waals surface area contributed by atoms with Crippen LogP contribution in [0.2, 0.25) is 5.02 Å². The predicted molar refractivity (Wildman–Crippen MR) is 120 cm³/mol. The molecule has 1 unspecified atom stereocenters. The fourth-order valence-electron chi connectivity index (χ4n) is 4.67. The zero-order valence-electron chi connectivity index (χ0n) is 17.3. The van der Waals surface area contributed by atoms with Gasteiger partial charge in [0.05, 0.1) is 30.5 Å². The summed E-state index contributed by atoms with van der Waals surface area (Å²) in [6, 6.07) is 4.46. The van der Waals surface area contributed by atoms with E-state index in [-0.39, 0.29) is 6.61 Å². The van der Waals surface area contributed by atoms with Gasteiger partial charge in [-0.3, -0.25) is 5.10 Å². The van der Waals surface area contributed by atoms with Crippen molar-refractivity contribution < 1.29 is 9.84 Å². The van der Waals surface area contributed by atoms with E-state index in [1.807, 2.05) is 12.1 Å². The van der Waals surface area contributed by atoms with Gasteiger partial charge in [0.25, 0.3) is 0 Å². The minimum atomic E-state index is -0.210. The maximum Gasteiger partial charge on any atom is 0.232 e. The van der Waals surface area contributed by atoms with Crippen LogP contribution < -0.4 is 15.0 Å². The minimum absolute atomic E-state index is 0.210. The molecule has 3 aliphatic rings. The molecular weight excluding hydrogens is 432 g/mol. The van der Waals surface area contributed by atoms with Crippen molar-refractivity contribution in [3.8, 4) is 17.1 Å². The monoisotopic (exact) mass is 452 g/mol. The molecule has 11 heteroatoms. The van der Waals surface area contributed by atoms with E-state index in [9.17, 15) is 5.11 Å². The average Bonchev–Trinajstić information content (AvgIpc) is 3.26. The summed E-state index contributed by atoms with van der Waals surface area (Å²) in [6.07, 6.45) is 3.81. The van der Waals surface area contributed by atoms with Crippen LogP contribution in [-0.4, -0.2) is 67.5 Å². The van der Waals surface area contributed by atoms with E-state index >= 15 is 0 Å². The van der Waals surface area contributed by atoms with Crippen LogP contribution in [0.15, 0.2) is 18.3 Å². The Morgan fingerprint density at radius 2 is 2.12 bits per heavy atom. The number of fused-ring (bicyclic) bond motifs is 5. The molecule has 4 aromatic rings. The van der Waals surface area contributed by atoms with Crippen LogP contribution in [0, 0.1) is 0 Å². The Hall–Kier alpha value is -3.08. The highest BCUT2D eigenvalue weighted by Crippen LogP contribution is 2.36. The van der Waals surface area contributed by atoms with Crippen molar-refractivity contribution in [2.45, 2.75) is 31.5 Å². The Morgan fingerprint density at radius 3 is 2.84 bits per heavy atom. The first-order valence-corrected chi connectivity index (χ1v) is 10.9. The number of ether oxygens (including phenoxy) is 1. The van der Waals surface area contributed by atoms with Crippen LogP contribution in [-0.2, 0) is 6.61 Å². The van der Waals surface area contributed by atoms with Gasteiger partial charge in [0.15, 0.2) is 11.5 Å². The molecule has 7 rings (SSSR count). The summed E-state index contributed by atoms with van der Waals surface area (Å²) in [7, 11) is 1.53. The van der Waals surface area contributed by atoms with E-state index in [2.05, 4.69) is 30.4 Å². The molecule has 0 aliphatic carbocycles. The first-order chi connectivity index (χ1) is 15.7. The van der Waals surface area contributed by atoms with Gasteiger partial charge in [0.2, 0.25) is 5.88 Å². The number of piperidine rings is 2. The Kier molecular flexibility index (Phi) is 4.60. The molecule has 0 spiro atoms. The second kappa shape index (κ2) is 7.51. The Balaban J connectivity index is 1.48. The van der Waals surface area contributed by atoms with E-state index < -0.39 is 0 Å². The summed E-state index contributed by atoms with van der Waals surface area (Å²) in [5, 5.41) is 21.5. The van der Waals surface area contributed by atoms with Gasteiger partial charge in [-0.2, -0.15) is 5.10 Å². The van der Waals surface area contributed by atoms with Gasteiger partial charge in [-0.25, -0.2) is 19.9 Å². The number of aliphatic hydroxyl groups is 1. The number of aliphatic hydroxyl groups excluding tert-OH is 1. The third-order valence-corrected chi connectivity index (χ3v) is 6.69. The van der Waals surface area contributed by atoms with Gasteiger partial charge >= 0.3 is 0 Å². The van der Waals surface area contributed by atoms with Crippen LogP contribution in [0.5, 0.6) is 5.88 Å². The number of rotatable bonds is 4. The molecule has 2 bridgehead atoms. The van der Waals surface area contributed by atoms with E-state index in [1.54, 1.807) is 6.20 Å². The van der Waals surface area contributed by atoms with Crippen molar-refractivity contribution in [3.05, 3.63) is 29.0 Å². The van der Waals surface area contributed by atoms with Crippen LogP contribution in [0.1, 0.15) is 18.5 Å². The van der Waals surface area contributed by atoms with Crippen molar-refractivity contribution >= 4 is 39.6 Å². The maximum absolute atomic E-state index is 10.1. The third-order valence-electron chi connectivity index (χ3n) is 6.31. The zero-order chi connectivity index (χ0) is 21.8. The molecule has 3 saturated heterocycles. The molecule has 1 aromatic carbocycles. The largest absolute Gasteiger partial charge is 0.480 e. The molecule has 10 nitrogen and oxygen atoms in total. The molecule has 0 radical (unpaired) electrons. The number of hydrogen-bond acceptors (Lipinski definition) is 9. The molecule has 3 N–H and O–H groups in total. The van der Waals surface area contributed by atoms with E-state index in [0.29, 0.717) is 68.0 Å². The van der Waals surface area contributed by atoms with Gasteiger partial charge in [-0.05, 0) is 25.0 Å². The number of H-pyrrole nitrogens is 1. The van der Waals surface area contributed by atoms with E-state index in [4.69, 9.17) is 26.3 Å². The first-order valence-electron chi connectivity index (χ1n) is 10.5. The molecular formula is C21H21ClN8O2. The number of benzene rings is 1. The molecule has 6 heterocycles. The van der Waals surface area contributed by atoms with Crippen molar-refractivity contribution in [1.29, 1.82) is 0 Å². The summed E-state index contributed by atoms with van der Waals surface area (Å²) in [5.41, 5.74) is 4.00. The molecule has 0 saturated carbocycles. The topological polar surface area (TPSA) is 125 Å². The normalized spacial score (nSPS) is 20.4. The number of aromatic nitrogens is 6.